The van der Waals surface area contributed by atoms with E-state index in [9.17, 15) is 0 Å². The van der Waals surface area contributed by atoms with Crippen LogP contribution in [0.4, 0.5) is 0 Å². The van der Waals surface area contributed by atoms with Crippen LogP contribution in [0.25, 0.3) is 11.4 Å². The summed E-state index contributed by atoms with van der Waals surface area (Å²) < 4.78 is 2.04. The maximum Gasteiger partial charge on any atom is 0.152 e. The van der Waals surface area contributed by atoms with E-state index in [2.05, 4.69) is 10.5 Å². The summed E-state index contributed by atoms with van der Waals surface area (Å²) in [4.78, 5) is 4.09. The Balaban J connectivity index is 2.53. The third-order valence-electron chi connectivity index (χ3n) is 1.60. The molecule has 2 nitrogen and oxygen atoms in total. The minimum absolute atomic E-state index is 1.00. The van der Waals surface area contributed by atoms with Crippen LogP contribution in [-0.4, -0.2) is 9.55 Å². The van der Waals surface area contributed by atoms with Gasteiger partial charge in [0.25, 0.3) is 0 Å². The molecule has 0 fully saturated rings. The average molecular weight is 163 g/mol. The highest BCUT2D eigenvalue weighted by Crippen LogP contribution is 2.17. The number of hydrogen-bond acceptors (Lipinski definition) is 2. The number of nitrogens with zero attached hydrogens (tertiary/aromatic N) is 2. The fourth-order valence-corrected chi connectivity index (χ4v) is 1.52. The van der Waals surface area contributed by atoms with Crippen molar-refractivity contribution in [1.82, 2.24) is 9.55 Å². The van der Waals surface area contributed by atoms with E-state index in [0.717, 1.165) is 11.4 Å². The van der Waals surface area contributed by atoms with Crippen molar-refractivity contribution in [3.8, 4) is 11.4 Å². The van der Waals surface area contributed by atoms with Gasteiger partial charge < -0.3 is 4.57 Å². The summed E-state index contributed by atoms with van der Waals surface area (Å²) in [6.07, 6.45) is 2.01. The van der Waals surface area contributed by atoms with Crippen molar-refractivity contribution in [2.45, 2.75) is 0 Å². The minimum Gasteiger partial charge on any atom is -0.349 e. The fourth-order valence-electron chi connectivity index (χ4n) is 1.03. The Morgan fingerprint density at radius 2 is 2.55 bits per heavy atom. The van der Waals surface area contributed by atoms with Gasteiger partial charge in [-0.25, -0.2) is 4.98 Å². The fraction of sp³-hybridized carbons (Fsp3) is 0.125. The third kappa shape index (κ3) is 1.07. The lowest BCUT2D eigenvalue weighted by Gasteiger charge is -1.96. The van der Waals surface area contributed by atoms with E-state index in [4.69, 9.17) is 0 Å². The van der Waals surface area contributed by atoms with Crippen molar-refractivity contribution in [1.29, 1.82) is 0 Å². The lowest BCUT2D eigenvalue weighted by Crippen LogP contribution is -1.88. The number of aryl methyl sites for hydroxylation is 1. The summed E-state index contributed by atoms with van der Waals surface area (Å²) in [6, 6.07) is 4.05. The van der Waals surface area contributed by atoms with E-state index < -0.39 is 0 Å². The monoisotopic (exact) mass is 163 g/mol. The standard InChI is InChI=1S/C8H7N2S/c1-10-4-2-3-8(10)7-5-11-6-9-7/h2-5H,1H3. The molecule has 11 heavy (non-hydrogen) atoms. The number of rotatable bonds is 1. The first-order valence-electron chi connectivity index (χ1n) is 3.31. The van der Waals surface area contributed by atoms with Crippen LogP contribution in [0.3, 0.4) is 0 Å². The van der Waals surface area contributed by atoms with E-state index in [-0.39, 0.29) is 0 Å². The van der Waals surface area contributed by atoms with Crippen LogP contribution >= 0.6 is 11.3 Å². The first kappa shape index (κ1) is 6.61. The van der Waals surface area contributed by atoms with Crippen molar-refractivity contribution in [2.75, 3.05) is 0 Å². The van der Waals surface area contributed by atoms with Gasteiger partial charge in [0.15, 0.2) is 5.51 Å². The molecule has 55 valence electrons. The maximum absolute atomic E-state index is 4.09. The molecule has 2 aromatic heterocycles. The van der Waals surface area contributed by atoms with Gasteiger partial charge in [-0.1, -0.05) is 0 Å². The molecule has 0 spiro atoms. The molecule has 0 saturated carbocycles. The van der Waals surface area contributed by atoms with Crippen LogP contribution in [0.1, 0.15) is 0 Å². The molecular weight excluding hydrogens is 156 g/mol. The van der Waals surface area contributed by atoms with E-state index in [1.807, 2.05) is 35.3 Å². The molecule has 0 amide bonds. The van der Waals surface area contributed by atoms with Crippen molar-refractivity contribution in [3.05, 3.63) is 29.2 Å². The summed E-state index contributed by atoms with van der Waals surface area (Å²) in [5, 5.41) is 2.00. The summed E-state index contributed by atoms with van der Waals surface area (Å²) in [5.74, 6) is 0. The van der Waals surface area contributed by atoms with E-state index >= 15 is 0 Å². The van der Waals surface area contributed by atoms with Crippen LogP contribution in [0.2, 0.25) is 0 Å². The number of thiazole rings is 1. The Hall–Kier alpha value is -1.09. The van der Waals surface area contributed by atoms with Gasteiger partial charge in [0.05, 0.1) is 11.4 Å². The van der Waals surface area contributed by atoms with Crippen molar-refractivity contribution in [2.24, 2.45) is 7.05 Å². The topological polar surface area (TPSA) is 17.8 Å². The molecule has 2 aromatic rings. The van der Waals surface area contributed by atoms with Crippen LogP contribution in [0.5, 0.6) is 0 Å². The number of aromatic nitrogens is 2. The molecule has 0 N–H and O–H groups in total. The Bertz CT molecular complexity index is 335. The quantitative estimate of drug-likeness (QED) is 0.628. The van der Waals surface area contributed by atoms with Gasteiger partial charge >= 0.3 is 0 Å². The number of hydrogen-bond donors (Lipinski definition) is 0. The zero-order chi connectivity index (χ0) is 7.68. The van der Waals surface area contributed by atoms with Gasteiger partial charge in [-0.15, -0.1) is 11.3 Å². The van der Waals surface area contributed by atoms with Crippen LogP contribution in [-0.2, 0) is 7.05 Å². The molecule has 0 saturated heterocycles. The lowest BCUT2D eigenvalue weighted by atomic mass is 10.3. The molecule has 2 rings (SSSR count). The Morgan fingerprint density at radius 3 is 3.09 bits per heavy atom. The van der Waals surface area contributed by atoms with E-state index in [1.165, 1.54) is 11.3 Å². The van der Waals surface area contributed by atoms with E-state index in [1.54, 1.807) is 0 Å². The summed E-state index contributed by atoms with van der Waals surface area (Å²) in [6.45, 7) is 0. The van der Waals surface area contributed by atoms with Crippen molar-refractivity contribution in [3.63, 3.8) is 0 Å². The summed E-state index contributed by atoms with van der Waals surface area (Å²) in [7, 11) is 2.01. The second kappa shape index (κ2) is 2.51. The predicted octanol–water partition coefficient (Wildman–Crippen LogP) is 1.95. The molecule has 2 heterocycles. The van der Waals surface area contributed by atoms with E-state index in [0.29, 0.717) is 0 Å². The molecule has 3 heteroatoms. The second-order valence-electron chi connectivity index (χ2n) is 2.33. The first-order valence-corrected chi connectivity index (χ1v) is 4.19. The highest BCUT2D eigenvalue weighted by atomic mass is 32.1. The van der Waals surface area contributed by atoms with Crippen LogP contribution in [0, 0.1) is 5.51 Å². The molecule has 0 aliphatic rings. The van der Waals surface area contributed by atoms with Crippen molar-refractivity contribution >= 4 is 11.3 Å². The Kier molecular flexibility index (Phi) is 1.51. The highest BCUT2D eigenvalue weighted by molar-refractivity contribution is 7.07. The zero-order valence-electron chi connectivity index (χ0n) is 6.11. The first-order chi connectivity index (χ1) is 5.38. The third-order valence-corrected chi connectivity index (χ3v) is 2.13. The molecule has 0 aliphatic heterocycles. The SMILES string of the molecule is Cn1cccc1-c1cs[c]n1. The largest absolute Gasteiger partial charge is 0.349 e. The average Bonchev–Trinajstić information content (AvgIpc) is 2.55. The van der Waals surface area contributed by atoms with Gasteiger partial charge in [-0.3, -0.25) is 0 Å². The lowest BCUT2D eigenvalue weighted by molar-refractivity contribution is 0.932. The zero-order valence-corrected chi connectivity index (χ0v) is 6.93. The van der Waals surface area contributed by atoms with Gasteiger partial charge in [0, 0.05) is 18.6 Å². The van der Waals surface area contributed by atoms with Gasteiger partial charge in [0.2, 0.25) is 0 Å². The molecular formula is C8H7N2S. The van der Waals surface area contributed by atoms with Crippen LogP contribution in [0.15, 0.2) is 23.7 Å². The van der Waals surface area contributed by atoms with Crippen molar-refractivity contribution < 1.29 is 0 Å². The van der Waals surface area contributed by atoms with Crippen LogP contribution < -0.4 is 0 Å². The highest BCUT2D eigenvalue weighted by Gasteiger charge is 2.01. The summed E-state index contributed by atoms with van der Waals surface area (Å²) >= 11 is 1.50. The minimum atomic E-state index is 1.00. The molecule has 0 aliphatic carbocycles. The Labute approximate surface area is 69.1 Å². The molecule has 0 unspecified atom stereocenters. The van der Waals surface area contributed by atoms with Gasteiger partial charge in [-0.05, 0) is 12.1 Å². The molecule has 0 atom stereocenters. The van der Waals surface area contributed by atoms with Gasteiger partial charge in [-0.2, -0.15) is 0 Å². The van der Waals surface area contributed by atoms with Gasteiger partial charge in [0.1, 0.15) is 0 Å². The maximum atomic E-state index is 4.09. The summed E-state index contributed by atoms with van der Waals surface area (Å²) in [5.41, 5.74) is 4.97. The normalized spacial score (nSPS) is 10.3. The smallest absolute Gasteiger partial charge is 0.152 e. The Morgan fingerprint density at radius 1 is 1.64 bits per heavy atom. The predicted molar refractivity (Wildman–Crippen MR) is 45.4 cm³/mol. The second-order valence-corrected chi connectivity index (χ2v) is 2.98. The molecule has 1 radical (unpaired) electrons. The molecule has 0 bridgehead atoms. The molecule has 0 aromatic carbocycles.